The SMILES string of the molecule is CC([SiH3])OC(=O)C(C)C#N. The van der Waals surface area contributed by atoms with Crippen LogP contribution < -0.4 is 0 Å². The quantitative estimate of drug-likeness (QED) is 0.397. The van der Waals surface area contributed by atoms with Crippen molar-refractivity contribution >= 4 is 16.2 Å². The number of nitriles is 1. The van der Waals surface area contributed by atoms with Crippen LogP contribution in [0.15, 0.2) is 0 Å². The lowest BCUT2D eigenvalue weighted by Crippen LogP contribution is -2.19. The fraction of sp³-hybridized carbons (Fsp3) is 0.667. The van der Waals surface area contributed by atoms with Gasteiger partial charge in [-0.2, -0.15) is 5.26 Å². The van der Waals surface area contributed by atoms with E-state index in [9.17, 15) is 4.79 Å². The van der Waals surface area contributed by atoms with Crippen LogP contribution in [0.25, 0.3) is 0 Å². The summed E-state index contributed by atoms with van der Waals surface area (Å²) in [5.41, 5.74) is 0.00306. The van der Waals surface area contributed by atoms with Gasteiger partial charge in [0.1, 0.15) is 5.92 Å². The van der Waals surface area contributed by atoms with Crippen LogP contribution in [0, 0.1) is 17.2 Å². The van der Waals surface area contributed by atoms with E-state index in [0.717, 1.165) is 10.2 Å². The molecule has 0 radical (unpaired) electrons. The summed E-state index contributed by atoms with van der Waals surface area (Å²) in [6.07, 6.45) is 0. The van der Waals surface area contributed by atoms with Crippen LogP contribution in [0.2, 0.25) is 0 Å². The Labute approximate surface area is 63.4 Å². The van der Waals surface area contributed by atoms with Gasteiger partial charge in [0.15, 0.2) is 0 Å². The second kappa shape index (κ2) is 4.07. The first kappa shape index (κ1) is 9.18. The van der Waals surface area contributed by atoms with Crippen molar-refractivity contribution in [3.63, 3.8) is 0 Å². The molecular formula is C6H11NO2Si. The van der Waals surface area contributed by atoms with E-state index in [4.69, 9.17) is 10.00 Å². The molecule has 0 aromatic rings. The molecule has 0 aliphatic heterocycles. The predicted molar refractivity (Wildman–Crippen MR) is 40.3 cm³/mol. The van der Waals surface area contributed by atoms with Crippen LogP contribution in [-0.4, -0.2) is 21.9 Å². The number of nitrogens with zero attached hydrogens (tertiary/aromatic N) is 1. The van der Waals surface area contributed by atoms with Gasteiger partial charge in [0.25, 0.3) is 0 Å². The van der Waals surface area contributed by atoms with Crippen LogP contribution in [0.5, 0.6) is 0 Å². The van der Waals surface area contributed by atoms with Gasteiger partial charge in [-0.15, -0.1) is 0 Å². The predicted octanol–water partition coefficient (Wildman–Crippen LogP) is -0.599. The zero-order valence-electron chi connectivity index (χ0n) is 6.42. The smallest absolute Gasteiger partial charge is 0.322 e. The molecule has 0 saturated carbocycles. The van der Waals surface area contributed by atoms with Crippen molar-refractivity contribution in [1.82, 2.24) is 0 Å². The topological polar surface area (TPSA) is 50.1 Å². The van der Waals surface area contributed by atoms with E-state index in [1.807, 2.05) is 13.0 Å². The van der Waals surface area contributed by atoms with Gasteiger partial charge in [-0.05, 0) is 13.8 Å². The Kier molecular flexibility index (Phi) is 3.73. The third-order valence-electron chi connectivity index (χ3n) is 0.899. The molecular weight excluding hydrogens is 146 g/mol. The van der Waals surface area contributed by atoms with Gasteiger partial charge in [0, 0.05) is 0 Å². The highest BCUT2D eigenvalue weighted by Gasteiger charge is 2.13. The zero-order chi connectivity index (χ0) is 8.15. The number of rotatable bonds is 2. The van der Waals surface area contributed by atoms with Crippen LogP contribution in [0.1, 0.15) is 13.8 Å². The molecule has 2 atom stereocenters. The summed E-state index contributed by atoms with van der Waals surface area (Å²) < 4.78 is 4.80. The van der Waals surface area contributed by atoms with E-state index in [1.165, 1.54) is 6.92 Å². The molecule has 56 valence electrons. The van der Waals surface area contributed by atoms with Crippen LogP contribution in [-0.2, 0) is 9.53 Å². The maximum atomic E-state index is 10.8. The maximum absolute atomic E-state index is 10.8. The zero-order valence-corrected chi connectivity index (χ0v) is 8.42. The van der Waals surface area contributed by atoms with Crippen LogP contribution >= 0.6 is 0 Å². The molecule has 4 heteroatoms. The lowest BCUT2D eigenvalue weighted by molar-refractivity contribution is -0.147. The summed E-state index contributed by atoms with van der Waals surface area (Å²) in [5, 5.41) is 8.28. The molecule has 0 fully saturated rings. The van der Waals surface area contributed by atoms with Crippen molar-refractivity contribution in [2.24, 2.45) is 5.92 Å². The van der Waals surface area contributed by atoms with E-state index >= 15 is 0 Å². The van der Waals surface area contributed by atoms with Crippen molar-refractivity contribution < 1.29 is 9.53 Å². The fourth-order valence-corrected chi connectivity index (χ4v) is 0.619. The van der Waals surface area contributed by atoms with Gasteiger partial charge in [-0.1, -0.05) is 0 Å². The van der Waals surface area contributed by atoms with Crippen molar-refractivity contribution in [1.29, 1.82) is 5.26 Å². The highest BCUT2D eigenvalue weighted by molar-refractivity contribution is 6.11. The minimum absolute atomic E-state index is 0.00306. The normalized spacial score (nSPS) is 15.3. The Morgan fingerprint density at radius 1 is 1.70 bits per heavy atom. The lowest BCUT2D eigenvalue weighted by atomic mass is 10.2. The maximum Gasteiger partial charge on any atom is 0.322 e. The van der Waals surface area contributed by atoms with Gasteiger partial charge in [0.2, 0.25) is 0 Å². The number of esters is 1. The minimum atomic E-state index is -0.628. The Hall–Kier alpha value is -0.823. The molecule has 0 spiro atoms. The van der Waals surface area contributed by atoms with Crippen molar-refractivity contribution in [3.8, 4) is 6.07 Å². The first-order valence-electron chi connectivity index (χ1n) is 3.18. The molecule has 3 nitrogen and oxygen atoms in total. The molecule has 0 aromatic heterocycles. The molecule has 0 saturated heterocycles. The molecule has 2 unspecified atom stereocenters. The molecule has 0 aliphatic carbocycles. The van der Waals surface area contributed by atoms with Gasteiger partial charge in [0.05, 0.1) is 22.0 Å². The Bertz CT molecular complexity index is 162. The van der Waals surface area contributed by atoms with Crippen molar-refractivity contribution in [2.75, 3.05) is 0 Å². The number of ether oxygens (including phenoxy) is 1. The number of hydrogen-bond donors (Lipinski definition) is 0. The molecule has 0 N–H and O–H groups in total. The summed E-state index contributed by atoms with van der Waals surface area (Å²) in [5.74, 6) is -1.04. The Morgan fingerprint density at radius 3 is 2.50 bits per heavy atom. The van der Waals surface area contributed by atoms with Gasteiger partial charge in [-0.25, -0.2) is 0 Å². The lowest BCUT2D eigenvalue weighted by Gasteiger charge is -2.07. The van der Waals surface area contributed by atoms with Gasteiger partial charge < -0.3 is 4.74 Å². The van der Waals surface area contributed by atoms with E-state index in [0.29, 0.717) is 0 Å². The Morgan fingerprint density at radius 2 is 2.20 bits per heavy atom. The number of carbonyl (C=O) groups is 1. The second-order valence-corrected chi connectivity index (χ2v) is 3.96. The molecule has 0 aromatic carbocycles. The van der Waals surface area contributed by atoms with E-state index in [-0.39, 0.29) is 5.73 Å². The molecule has 0 aliphatic rings. The van der Waals surface area contributed by atoms with Crippen LogP contribution in [0.3, 0.4) is 0 Å². The largest absolute Gasteiger partial charge is 0.467 e. The third kappa shape index (κ3) is 3.25. The monoisotopic (exact) mass is 157 g/mol. The third-order valence-corrected chi connectivity index (χ3v) is 1.13. The summed E-state index contributed by atoms with van der Waals surface area (Å²) in [7, 11) is 0.813. The summed E-state index contributed by atoms with van der Waals surface area (Å²) >= 11 is 0. The number of carbonyl (C=O) groups excluding carboxylic acids is 1. The average molecular weight is 157 g/mol. The van der Waals surface area contributed by atoms with Gasteiger partial charge >= 0.3 is 5.97 Å². The summed E-state index contributed by atoms with van der Waals surface area (Å²) in [4.78, 5) is 10.8. The summed E-state index contributed by atoms with van der Waals surface area (Å²) in [6, 6.07) is 1.81. The highest BCUT2D eigenvalue weighted by Crippen LogP contribution is 1.97. The van der Waals surface area contributed by atoms with Crippen LogP contribution in [0.4, 0.5) is 0 Å². The molecule has 0 amide bonds. The standard InChI is InChI=1S/C6H11NO2Si/c1-4(3-7)6(8)9-5(2)10/h4-5H,1-2,10H3. The van der Waals surface area contributed by atoms with Crippen molar-refractivity contribution in [3.05, 3.63) is 0 Å². The van der Waals surface area contributed by atoms with Crippen molar-refractivity contribution in [2.45, 2.75) is 19.6 Å². The first-order valence-corrected chi connectivity index (χ1v) is 4.33. The van der Waals surface area contributed by atoms with Gasteiger partial charge in [-0.3, -0.25) is 4.79 Å². The van der Waals surface area contributed by atoms with E-state index in [1.54, 1.807) is 0 Å². The molecule has 0 rings (SSSR count). The second-order valence-electron chi connectivity index (χ2n) is 2.34. The Balaban J connectivity index is 3.76. The highest BCUT2D eigenvalue weighted by atomic mass is 28.1. The molecule has 0 bridgehead atoms. The average Bonchev–Trinajstić information content (AvgIpc) is 1.85. The summed E-state index contributed by atoms with van der Waals surface area (Å²) in [6.45, 7) is 3.35. The minimum Gasteiger partial charge on any atom is -0.467 e. The fourth-order valence-electron chi connectivity index (χ4n) is 0.387. The number of hydrogen-bond acceptors (Lipinski definition) is 3. The van der Waals surface area contributed by atoms with E-state index < -0.39 is 11.9 Å². The molecule has 0 heterocycles. The molecule has 10 heavy (non-hydrogen) atoms. The first-order chi connectivity index (χ1) is 4.57. The van der Waals surface area contributed by atoms with E-state index in [2.05, 4.69) is 0 Å².